The van der Waals surface area contributed by atoms with Gasteiger partial charge in [0.25, 0.3) is 5.91 Å². The fourth-order valence-corrected chi connectivity index (χ4v) is 3.49. The Labute approximate surface area is 161 Å². The van der Waals surface area contributed by atoms with Gasteiger partial charge < -0.3 is 15.5 Å². The van der Waals surface area contributed by atoms with Crippen LogP contribution in [-0.2, 0) is 4.79 Å². The van der Waals surface area contributed by atoms with Crippen molar-refractivity contribution in [3.05, 3.63) is 35.6 Å². The minimum Gasteiger partial charge on any atom is -0.354 e. The van der Waals surface area contributed by atoms with Crippen molar-refractivity contribution in [2.24, 2.45) is 5.92 Å². The summed E-state index contributed by atoms with van der Waals surface area (Å²) in [7, 11) is 0. The van der Waals surface area contributed by atoms with E-state index < -0.39 is 17.8 Å². The summed E-state index contributed by atoms with van der Waals surface area (Å²) in [5, 5.41) is 5.59. The Hall–Kier alpha value is -1.95. The van der Waals surface area contributed by atoms with Crippen LogP contribution in [0.1, 0.15) is 56.8 Å². The van der Waals surface area contributed by atoms with Crippen LogP contribution in [-0.4, -0.2) is 48.4 Å². The number of piperidine rings is 1. The van der Waals surface area contributed by atoms with Crippen LogP contribution in [0.25, 0.3) is 0 Å². The van der Waals surface area contributed by atoms with Gasteiger partial charge in [-0.3, -0.25) is 9.59 Å². The van der Waals surface area contributed by atoms with E-state index in [1.165, 1.54) is 37.5 Å². The summed E-state index contributed by atoms with van der Waals surface area (Å²) in [6.07, 6.45) is 4.66. The highest BCUT2D eigenvalue weighted by Gasteiger charge is 2.25. The van der Waals surface area contributed by atoms with Gasteiger partial charge in [-0.25, -0.2) is 4.39 Å². The molecule has 150 valence electrons. The first-order chi connectivity index (χ1) is 12.9. The van der Waals surface area contributed by atoms with E-state index in [9.17, 15) is 14.0 Å². The molecule has 0 spiro atoms. The average molecular weight is 378 g/mol. The molecule has 0 bridgehead atoms. The molecule has 6 heteroatoms. The molecule has 1 aliphatic heterocycles. The smallest absolute Gasteiger partial charge is 0.254 e. The molecule has 2 unspecified atom stereocenters. The third-order valence-electron chi connectivity index (χ3n) is 5.22. The number of likely N-dealkylation sites (tertiary alicyclic amines) is 1. The first-order valence-corrected chi connectivity index (χ1v) is 9.97. The van der Waals surface area contributed by atoms with Crippen molar-refractivity contribution >= 4 is 11.8 Å². The SMILES string of the molecule is CC(C)C(NC(=O)c1ccccc1F)C(=O)NCCCN1CCCCC1C. The highest BCUT2D eigenvalue weighted by molar-refractivity contribution is 5.97. The molecule has 1 aromatic rings. The van der Waals surface area contributed by atoms with Crippen LogP contribution in [0.2, 0.25) is 0 Å². The Bertz CT molecular complexity index is 636. The van der Waals surface area contributed by atoms with Crippen LogP contribution >= 0.6 is 0 Å². The normalized spacial score (nSPS) is 18.9. The molecule has 1 saturated heterocycles. The molecule has 0 saturated carbocycles. The van der Waals surface area contributed by atoms with Gasteiger partial charge in [0.15, 0.2) is 0 Å². The van der Waals surface area contributed by atoms with Gasteiger partial charge >= 0.3 is 0 Å². The quantitative estimate of drug-likeness (QED) is 0.685. The topological polar surface area (TPSA) is 61.4 Å². The van der Waals surface area contributed by atoms with E-state index in [-0.39, 0.29) is 17.4 Å². The Morgan fingerprint density at radius 3 is 2.67 bits per heavy atom. The van der Waals surface area contributed by atoms with E-state index >= 15 is 0 Å². The number of hydrogen-bond acceptors (Lipinski definition) is 3. The zero-order valence-electron chi connectivity index (χ0n) is 16.6. The number of carbonyl (C=O) groups is 2. The molecular formula is C21H32FN3O2. The van der Waals surface area contributed by atoms with Gasteiger partial charge in [-0.05, 0) is 50.8 Å². The average Bonchev–Trinajstić information content (AvgIpc) is 2.64. The second kappa shape index (κ2) is 10.4. The lowest BCUT2D eigenvalue weighted by Crippen LogP contribution is -2.50. The molecule has 27 heavy (non-hydrogen) atoms. The van der Waals surface area contributed by atoms with Gasteiger partial charge in [0.1, 0.15) is 11.9 Å². The zero-order chi connectivity index (χ0) is 19.8. The maximum atomic E-state index is 13.8. The number of nitrogens with one attached hydrogen (secondary N) is 2. The van der Waals surface area contributed by atoms with Crippen molar-refractivity contribution in [2.45, 2.75) is 58.5 Å². The Morgan fingerprint density at radius 1 is 1.26 bits per heavy atom. The molecule has 2 amide bonds. The van der Waals surface area contributed by atoms with Crippen molar-refractivity contribution in [1.82, 2.24) is 15.5 Å². The van der Waals surface area contributed by atoms with Crippen LogP contribution in [0.3, 0.4) is 0 Å². The fourth-order valence-electron chi connectivity index (χ4n) is 3.49. The highest BCUT2D eigenvalue weighted by Crippen LogP contribution is 2.16. The molecule has 2 N–H and O–H groups in total. The number of amides is 2. The molecule has 1 fully saturated rings. The number of benzene rings is 1. The summed E-state index contributed by atoms with van der Waals surface area (Å²) in [6.45, 7) is 8.64. The van der Waals surface area contributed by atoms with Gasteiger partial charge in [-0.2, -0.15) is 0 Å². The van der Waals surface area contributed by atoms with Crippen LogP contribution in [0.4, 0.5) is 4.39 Å². The maximum absolute atomic E-state index is 13.8. The largest absolute Gasteiger partial charge is 0.354 e. The zero-order valence-corrected chi connectivity index (χ0v) is 16.6. The van der Waals surface area contributed by atoms with Crippen LogP contribution in [0.5, 0.6) is 0 Å². The van der Waals surface area contributed by atoms with Crippen molar-refractivity contribution < 1.29 is 14.0 Å². The molecule has 5 nitrogen and oxygen atoms in total. The molecule has 1 aliphatic rings. The number of halogens is 1. The molecular weight excluding hydrogens is 345 g/mol. The minimum atomic E-state index is -0.689. The van der Waals surface area contributed by atoms with Gasteiger partial charge in [-0.15, -0.1) is 0 Å². The molecule has 1 aromatic carbocycles. The van der Waals surface area contributed by atoms with E-state index in [0.29, 0.717) is 12.6 Å². The Morgan fingerprint density at radius 2 is 2.00 bits per heavy atom. The number of carbonyl (C=O) groups excluding carboxylic acids is 2. The second-order valence-electron chi connectivity index (χ2n) is 7.70. The molecule has 0 aromatic heterocycles. The molecule has 2 atom stereocenters. The lowest BCUT2D eigenvalue weighted by Gasteiger charge is -2.33. The summed E-state index contributed by atoms with van der Waals surface area (Å²) in [5.74, 6) is -1.47. The van der Waals surface area contributed by atoms with E-state index in [1.54, 1.807) is 6.07 Å². The van der Waals surface area contributed by atoms with Gasteiger partial charge in [0.2, 0.25) is 5.91 Å². The highest BCUT2D eigenvalue weighted by atomic mass is 19.1. The number of hydrogen-bond donors (Lipinski definition) is 2. The summed E-state index contributed by atoms with van der Waals surface area (Å²) >= 11 is 0. The van der Waals surface area contributed by atoms with Crippen LogP contribution in [0, 0.1) is 11.7 Å². The maximum Gasteiger partial charge on any atom is 0.254 e. The molecule has 1 heterocycles. The lowest BCUT2D eigenvalue weighted by atomic mass is 10.0. The third-order valence-corrected chi connectivity index (χ3v) is 5.22. The Balaban J connectivity index is 1.82. The Kier molecular flexibility index (Phi) is 8.23. The minimum absolute atomic E-state index is 0.0463. The van der Waals surface area contributed by atoms with Crippen molar-refractivity contribution in [2.75, 3.05) is 19.6 Å². The van der Waals surface area contributed by atoms with E-state index in [0.717, 1.165) is 19.5 Å². The van der Waals surface area contributed by atoms with Crippen molar-refractivity contribution in [1.29, 1.82) is 0 Å². The predicted molar refractivity (Wildman–Crippen MR) is 105 cm³/mol. The van der Waals surface area contributed by atoms with Gasteiger partial charge in [0, 0.05) is 19.1 Å². The first-order valence-electron chi connectivity index (χ1n) is 9.97. The van der Waals surface area contributed by atoms with E-state index in [4.69, 9.17) is 0 Å². The summed E-state index contributed by atoms with van der Waals surface area (Å²) in [4.78, 5) is 27.3. The van der Waals surface area contributed by atoms with Crippen molar-refractivity contribution in [3.63, 3.8) is 0 Å². The summed E-state index contributed by atoms with van der Waals surface area (Å²) in [5.41, 5.74) is -0.0463. The monoisotopic (exact) mass is 377 g/mol. The fraction of sp³-hybridized carbons (Fsp3) is 0.619. The lowest BCUT2D eigenvalue weighted by molar-refractivity contribution is -0.123. The standard InChI is InChI=1S/C21H32FN3O2/c1-15(2)19(24-20(26)17-10-4-5-11-18(17)22)21(27)23-12-8-14-25-13-7-6-9-16(25)3/h4-5,10-11,15-16,19H,6-9,12-14H2,1-3H3,(H,23,27)(H,24,26). The molecule has 0 radical (unpaired) electrons. The van der Waals surface area contributed by atoms with Crippen LogP contribution in [0.15, 0.2) is 24.3 Å². The first kappa shape index (κ1) is 21.4. The number of nitrogens with zero attached hydrogens (tertiary/aromatic N) is 1. The third kappa shape index (κ3) is 6.31. The molecule has 2 rings (SSSR count). The second-order valence-corrected chi connectivity index (χ2v) is 7.70. The van der Waals surface area contributed by atoms with Gasteiger partial charge in [0.05, 0.1) is 5.56 Å². The van der Waals surface area contributed by atoms with Gasteiger partial charge in [-0.1, -0.05) is 32.4 Å². The predicted octanol–water partition coefficient (Wildman–Crippen LogP) is 2.96. The van der Waals surface area contributed by atoms with Crippen LogP contribution < -0.4 is 10.6 Å². The van der Waals surface area contributed by atoms with E-state index in [2.05, 4.69) is 22.5 Å². The van der Waals surface area contributed by atoms with Crippen molar-refractivity contribution in [3.8, 4) is 0 Å². The number of rotatable bonds is 8. The summed E-state index contributed by atoms with van der Waals surface area (Å²) in [6, 6.07) is 5.70. The summed E-state index contributed by atoms with van der Waals surface area (Å²) < 4.78 is 13.8. The van der Waals surface area contributed by atoms with E-state index in [1.807, 2.05) is 13.8 Å². The molecule has 0 aliphatic carbocycles.